The molecule has 0 unspecified atom stereocenters. The molecule has 1 saturated heterocycles. The number of nitrogens with one attached hydrogen (secondary N) is 1. The lowest BCUT2D eigenvalue weighted by atomic mass is 10.1. The van der Waals surface area contributed by atoms with Crippen LogP contribution >= 0.6 is 0 Å². The summed E-state index contributed by atoms with van der Waals surface area (Å²) in [5, 5.41) is 2.29. The lowest BCUT2D eigenvalue weighted by molar-refractivity contribution is -0.136. The van der Waals surface area contributed by atoms with Gasteiger partial charge in [-0.3, -0.25) is 9.59 Å². The number of anilines is 1. The molecule has 28 heavy (non-hydrogen) atoms. The molecule has 148 valence electrons. The molecule has 1 aliphatic heterocycles. The zero-order valence-electron chi connectivity index (χ0n) is 15.3. The fourth-order valence-electron chi connectivity index (χ4n) is 3.02. The van der Waals surface area contributed by atoms with Crippen molar-refractivity contribution in [2.75, 3.05) is 38.5 Å². The summed E-state index contributed by atoms with van der Waals surface area (Å²) in [4.78, 5) is 29.0. The number of alkyl halides is 3. The van der Waals surface area contributed by atoms with E-state index >= 15 is 0 Å². The van der Waals surface area contributed by atoms with E-state index in [0.29, 0.717) is 18.7 Å². The Balaban J connectivity index is 1.77. The summed E-state index contributed by atoms with van der Waals surface area (Å²) in [6.45, 7) is 2.70. The van der Waals surface area contributed by atoms with Crippen LogP contribution in [-0.2, 0) is 6.18 Å². The number of rotatable bonds is 3. The topological polar surface area (TPSA) is 52.7 Å². The molecule has 2 aromatic rings. The Morgan fingerprint density at radius 3 is 2.25 bits per heavy atom. The molecule has 8 heteroatoms. The summed E-state index contributed by atoms with van der Waals surface area (Å²) in [6, 6.07) is 10.8. The maximum atomic E-state index is 13.1. The second kappa shape index (κ2) is 8.02. The molecule has 5 nitrogen and oxygen atoms in total. The average Bonchev–Trinajstić information content (AvgIpc) is 2.68. The van der Waals surface area contributed by atoms with Crippen molar-refractivity contribution in [3.05, 3.63) is 65.2 Å². The summed E-state index contributed by atoms with van der Waals surface area (Å²) in [7, 11) is 1.98. The third-order valence-electron chi connectivity index (χ3n) is 4.64. The Labute approximate surface area is 160 Å². The van der Waals surface area contributed by atoms with E-state index in [0.717, 1.165) is 19.2 Å². The highest BCUT2D eigenvalue weighted by atomic mass is 19.4. The number of halogens is 3. The van der Waals surface area contributed by atoms with Crippen LogP contribution in [-0.4, -0.2) is 54.8 Å². The highest BCUT2D eigenvalue weighted by Crippen LogP contribution is 2.34. The zero-order valence-corrected chi connectivity index (χ0v) is 15.3. The minimum atomic E-state index is -4.58. The van der Waals surface area contributed by atoms with Gasteiger partial charge in [-0.25, -0.2) is 0 Å². The van der Waals surface area contributed by atoms with Gasteiger partial charge in [0.2, 0.25) is 0 Å². The first-order chi connectivity index (χ1) is 13.3. The van der Waals surface area contributed by atoms with Gasteiger partial charge >= 0.3 is 6.18 Å². The monoisotopic (exact) mass is 391 g/mol. The molecule has 0 bridgehead atoms. The number of benzene rings is 2. The molecule has 0 aliphatic carbocycles. The van der Waals surface area contributed by atoms with E-state index in [-0.39, 0.29) is 17.2 Å². The summed E-state index contributed by atoms with van der Waals surface area (Å²) in [5.41, 5.74) is -0.790. The number of hydrogen-bond donors (Lipinski definition) is 1. The molecule has 1 N–H and O–H groups in total. The average molecular weight is 391 g/mol. The summed E-state index contributed by atoms with van der Waals surface area (Å²) in [6.07, 6.45) is -4.58. The third kappa shape index (κ3) is 4.51. The second-order valence-electron chi connectivity index (χ2n) is 6.67. The van der Waals surface area contributed by atoms with Crippen molar-refractivity contribution in [1.29, 1.82) is 0 Å². The van der Waals surface area contributed by atoms with Gasteiger partial charge in [-0.05, 0) is 37.4 Å². The normalized spacial score (nSPS) is 15.4. The van der Waals surface area contributed by atoms with Crippen LogP contribution in [0.1, 0.15) is 26.3 Å². The molecule has 0 atom stereocenters. The minimum Gasteiger partial charge on any atom is -0.336 e. The molecule has 0 saturated carbocycles. The van der Waals surface area contributed by atoms with Gasteiger partial charge < -0.3 is 15.1 Å². The largest absolute Gasteiger partial charge is 0.418 e. The molecule has 2 aromatic carbocycles. The molecule has 1 aliphatic rings. The predicted octanol–water partition coefficient (Wildman–Crippen LogP) is 3.35. The van der Waals surface area contributed by atoms with Crippen molar-refractivity contribution >= 4 is 17.5 Å². The fourth-order valence-corrected chi connectivity index (χ4v) is 3.02. The smallest absolute Gasteiger partial charge is 0.336 e. The highest BCUT2D eigenvalue weighted by Gasteiger charge is 2.33. The Kier molecular flexibility index (Phi) is 5.69. The van der Waals surface area contributed by atoms with E-state index in [1.807, 2.05) is 7.05 Å². The van der Waals surface area contributed by atoms with Crippen LogP contribution in [0.2, 0.25) is 0 Å². The highest BCUT2D eigenvalue weighted by molar-refractivity contribution is 6.06. The van der Waals surface area contributed by atoms with Crippen molar-refractivity contribution in [2.24, 2.45) is 0 Å². The Bertz CT molecular complexity index is 875. The fraction of sp³-hybridized carbons (Fsp3) is 0.300. The van der Waals surface area contributed by atoms with Crippen LogP contribution in [0.25, 0.3) is 0 Å². The van der Waals surface area contributed by atoms with Crippen LogP contribution in [0.15, 0.2) is 48.5 Å². The number of amides is 2. The summed E-state index contributed by atoms with van der Waals surface area (Å²) >= 11 is 0. The first-order valence-corrected chi connectivity index (χ1v) is 8.81. The molecule has 3 rings (SSSR count). The van der Waals surface area contributed by atoms with Crippen molar-refractivity contribution in [3.63, 3.8) is 0 Å². The van der Waals surface area contributed by atoms with Gasteiger partial charge in [0.25, 0.3) is 11.8 Å². The van der Waals surface area contributed by atoms with Crippen LogP contribution in [0.4, 0.5) is 18.9 Å². The lowest BCUT2D eigenvalue weighted by Crippen LogP contribution is -2.47. The Morgan fingerprint density at radius 2 is 1.57 bits per heavy atom. The van der Waals surface area contributed by atoms with Gasteiger partial charge in [0.05, 0.1) is 11.3 Å². The van der Waals surface area contributed by atoms with Gasteiger partial charge in [-0.2, -0.15) is 13.2 Å². The SMILES string of the molecule is CN1CCN(C(=O)c2cccc(C(=O)Nc3ccccc3C(F)(F)F)c2)CC1. The van der Waals surface area contributed by atoms with E-state index in [9.17, 15) is 22.8 Å². The van der Waals surface area contributed by atoms with Crippen molar-refractivity contribution in [2.45, 2.75) is 6.18 Å². The molecule has 0 radical (unpaired) electrons. The predicted molar refractivity (Wildman–Crippen MR) is 99.2 cm³/mol. The van der Waals surface area contributed by atoms with Gasteiger partial charge in [0.15, 0.2) is 0 Å². The number of hydrogen-bond acceptors (Lipinski definition) is 3. The first-order valence-electron chi connectivity index (χ1n) is 8.81. The maximum Gasteiger partial charge on any atom is 0.418 e. The minimum absolute atomic E-state index is 0.122. The molecule has 1 heterocycles. The van der Waals surface area contributed by atoms with Crippen LogP contribution in [0.3, 0.4) is 0 Å². The van der Waals surface area contributed by atoms with Gasteiger partial charge in [-0.1, -0.05) is 18.2 Å². The van der Waals surface area contributed by atoms with E-state index in [1.165, 1.54) is 30.3 Å². The molecular formula is C20H20F3N3O2. The van der Waals surface area contributed by atoms with Crippen LogP contribution < -0.4 is 5.32 Å². The van der Waals surface area contributed by atoms with Crippen molar-refractivity contribution in [3.8, 4) is 0 Å². The molecular weight excluding hydrogens is 371 g/mol. The molecule has 0 spiro atoms. The zero-order chi connectivity index (χ0) is 20.3. The van der Waals surface area contributed by atoms with Gasteiger partial charge in [0, 0.05) is 37.3 Å². The Morgan fingerprint density at radius 1 is 0.929 bits per heavy atom. The number of para-hydroxylation sites is 1. The number of nitrogens with zero attached hydrogens (tertiary/aromatic N) is 2. The standard InChI is InChI=1S/C20H20F3N3O2/c1-25-9-11-26(12-10-25)19(28)15-6-4-5-14(13-15)18(27)24-17-8-3-2-7-16(17)20(21,22)23/h2-8,13H,9-12H2,1H3,(H,24,27). The second-order valence-corrected chi connectivity index (χ2v) is 6.67. The van der Waals surface area contributed by atoms with Crippen molar-refractivity contribution in [1.82, 2.24) is 9.80 Å². The third-order valence-corrected chi connectivity index (χ3v) is 4.64. The van der Waals surface area contributed by atoms with E-state index in [1.54, 1.807) is 17.0 Å². The molecule has 1 fully saturated rings. The van der Waals surface area contributed by atoms with E-state index in [2.05, 4.69) is 10.2 Å². The quantitative estimate of drug-likeness (QED) is 0.873. The number of carbonyl (C=O) groups is 2. The maximum absolute atomic E-state index is 13.1. The molecule has 2 amide bonds. The van der Waals surface area contributed by atoms with Crippen LogP contribution in [0.5, 0.6) is 0 Å². The molecule has 0 aromatic heterocycles. The van der Waals surface area contributed by atoms with Crippen LogP contribution in [0, 0.1) is 0 Å². The van der Waals surface area contributed by atoms with Crippen molar-refractivity contribution < 1.29 is 22.8 Å². The number of likely N-dealkylation sites (N-methyl/N-ethyl adjacent to an activating group) is 1. The summed E-state index contributed by atoms with van der Waals surface area (Å²) < 4.78 is 39.3. The summed E-state index contributed by atoms with van der Waals surface area (Å²) in [5.74, 6) is -0.900. The van der Waals surface area contributed by atoms with Gasteiger partial charge in [-0.15, -0.1) is 0 Å². The number of carbonyl (C=O) groups excluding carboxylic acids is 2. The van der Waals surface area contributed by atoms with Gasteiger partial charge in [0.1, 0.15) is 0 Å². The van der Waals surface area contributed by atoms with E-state index in [4.69, 9.17) is 0 Å². The van der Waals surface area contributed by atoms with E-state index < -0.39 is 17.6 Å². The lowest BCUT2D eigenvalue weighted by Gasteiger charge is -2.32. The first kappa shape index (κ1) is 19.9. The number of piperazine rings is 1. The Hall–Kier alpha value is -2.87.